The van der Waals surface area contributed by atoms with E-state index in [0.29, 0.717) is 22.0 Å². The number of carbonyl (C=O) groups is 2. The van der Waals surface area contributed by atoms with Crippen LogP contribution in [-0.4, -0.2) is 19.0 Å². The maximum Gasteiger partial charge on any atom is 0.341 e. The molecule has 6 heteroatoms. The molecule has 0 fully saturated rings. The van der Waals surface area contributed by atoms with Crippen LogP contribution in [0.25, 0.3) is 0 Å². The summed E-state index contributed by atoms with van der Waals surface area (Å²) < 4.78 is 5.69. The maximum absolute atomic E-state index is 12.6. The van der Waals surface area contributed by atoms with Gasteiger partial charge in [0.2, 0.25) is 0 Å². The third-order valence-electron chi connectivity index (χ3n) is 4.68. The predicted molar refractivity (Wildman–Crippen MR) is 104 cm³/mol. The average molecular weight is 422 g/mol. The smallest absolute Gasteiger partial charge is 0.341 e. The van der Waals surface area contributed by atoms with Crippen LogP contribution in [0.3, 0.4) is 0 Å². The molecule has 0 spiro atoms. The molecule has 0 radical (unpaired) electrons. The Bertz CT molecular complexity index is 815. The zero-order valence-corrected chi connectivity index (χ0v) is 16.6. The number of esters is 1. The van der Waals surface area contributed by atoms with E-state index >= 15 is 0 Å². The molecule has 132 valence electrons. The Morgan fingerprint density at radius 2 is 2.12 bits per heavy atom. The monoisotopic (exact) mass is 421 g/mol. The lowest BCUT2D eigenvalue weighted by atomic mass is 9.85. The van der Waals surface area contributed by atoms with Crippen molar-refractivity contribution in [2.75, 3.05) is 12.4 Å². The molecule has 1 amide bonds. The average Bonchev–Trinajstić information content (AvgIpc) is 2.98. The van der Waals surface area contributed by atoms with Crippen LogP contribution >= 0.6 is 27.3 Å². The van der Waals surface area contributed by atoms with Gasteiger partial charge in [-0.05, 0) is 58.8 Å². The molecule has 1 atom stereocenters. The van der Waals surface area contributed by atoms with Crippen molar-refractivity contribution < 1.29 is 14.3 Å². The molecule has 25 heavy (non-hydrogen) atoms. The van der Waals surface area contributed by atoms with E-state index in [-0.39, 0.29) is 11.9 Å². The standard InChI is InChI=1S/C19H20BrNO3S/c1-3-11-8-9-13-15(10-11)25-18(16(13)19(23)24-2)21-17(22)12-6-4-5-7-14(12)20/h4-7,11H,3,8-10H2,1-2H3,(H,21,22)/t11-/m0/s1. The van der Waals surface area contributed by atoms with E-state index in [0.717, 1.165) is 35.7 Å². The molecule has 1 aliphatic rings. The highest BCUT2D eigenvalue weighted by Gasteiger charge is 2.29. The van der Waals surface area contributed by atoms with Crippen molar-refractivity contribution in [1.29, 1.82) is 0 Å². The van der Waals surface area contributed by atoms with Gasteiger partial charge in [0.25, 0.3) is 5.91 Å². The van der Waals surface area contributed by atoms with Crippen molar-refractivity contribution >= 4 is 44.1 Å². The summed E-state index contributed by atoms with van der Waals surface area (Å²) >= 11 is 4.90. The Morgan fingerprint density at radius 3 is 2.80 bits per heavy atom. The lowest BCUT2D eigenvalue weighted by Crippen LogP contribution is -2.16. The second-order valence-electron chi connectivity index (χ2n) is 6.15. The van der Waals surface area contributed by atoms with Crippen LogP contribution in [0.4, 0.5) is 5.00 Å². The molecular formula is C19H20BrNO3S. The van der Waals surface area contributed by atoms with Gasteiger partial charge in [0.15, 0.2) is 0 Å². The molecule has 3 rings (SSSR count). The van der Waals surface area contributed by atoms with Crippen molar-refractivity contribution in [3.63, 3.8) is 0 Å². The second-order valence-corrected chi connectivity index (χ2v) is 8.11. The van der Waals surface area contributed by atoms with Gasteiger partial charge in [-0.3, -0.25) is 4.79 Å². The molecule has 0 unspecified atom stereocenters. The summed E-state index contributed by atoms with van der Waals surface area (Å²) in [7, 11) is 1.38. The third kappa shape index (κ3) is 3.65. The number of hydrogen-bond acceptors (Lipinski definition) is 4. The minimum absolute atomic E-state index is 0.233. The molecule has 1 N–H and O–H groups in total. The summed E-state index contributed by atoms with van der Waals surface area (Å²) in [5.41, 5.74) is 2.11. The number of methoxy groups -OCH3 is 1. The summed E-state index contributed by atoms with van der Waals surface area (Å²) in [5, 5.41) is 3.51. The Balaban J connectivity index is 1.96. The van der Waals surface area contributed by atoms with Gasteiger partial charge in [-0.2, -0.15) is 0 Å². The summed E-state index contributed by atoms with van der Waals surface area (Å²) in [6.45, 7) is 2.19. The van der Waals surface area contributed by atoms with Crippen molar-refractivity contribution in [2.24, 2.45) is 5.92 Å². The van der Waals surface area contributed by atoms with Gasteiger partial charge in [-0.15, -0.1) is 11.3 Å². The fraction of sp³-hybridized carbons (Fsp3) is 0.368. The number of thiophene rings is 1. The van der Waals surface area contributed by atoms with Crippen molar-refractivity contribution in [3.8, 4) is 0 Å². The largest absolute Gasteiger partial charge is 0.465 e. The second kappa shape index (κ2) is 7.70. The van der Waals surface area contributed by atoms with Gasteiger partial charge >= 0.3 is 5.97 Å². The van der Waals surface area contributed by atoms with Crippen LogP contribution in [-0.2, 0) is 17.6 Å². The van der Waals surface area contributed by atoms with Gasteiger partial charge < -0.3 is 10.1 Å². The number of benzene rings is 1. The molecule has 4 nitrogen and oxygen atoms in total. The van der Waals surface area contributed by atoms with E-state index in [1.165, 1.54) is 23.3 Å². The summed E-state index contributed by atoms with van der Waals surface area (Å²) in [5.74, 6) is 0.0293. The van der Waals surface area contributed by atoms with Crippen LogP contribution in [0.5, 0.6) is 0 Å². The first-order valence-corrected chi connectivity index (χ1v) is 9.94. The summed E-state index contributed by atoms with van der Waals surface area (Å²) in [6.07, 6.45) is 4.02. The zero-order chi connectivity index (χ0) is 18.0. The number of fused-ring (bicyclic) bond motifs is 1. The lowest BCUT2D eigenvalue weighted by molar-refractivity contribution is 0.0601. The van der Waals surface area contributed by atoms with Crippen LogP contribution < -0.4 is 5.32 Å². The topological polar surface area (TPSA) is 55.4 Å². The quantitative estimate of drug-likeness (QED) is 0.701. The van der Waals surface area contributed by atoms with E-state index < -0.39 is 0 Å². The number of rotatable bonds is 4. The molecule has 1 aromatic carbocycles. The summed E-state index contributed by atoms with van der Waals surface area (Å²) in [6, 6.07) is 7.24. The van der Waals surface area contributed by atoms with Gasteiger partial charge in [0.05, 0.1) is 18.2 Å². The van der Waals surface area contributed by atoms with Gasteiger partial charge in [-0.1, -0.05) is 25.5 Å². The predicted octanol–water partition coefficient (Wildman–Crippen LogP) is 5.06. The van der Waals surface area contributed by atoms with Crippen molar-refractivity contribution in [3.05, 3.63) is 50.3 Å². The van der Waals surface area contributed by atoms with Crippen molar-refractivity contribution in [2.45, 2.75) is 32.6 Å². The van der Waals surface area contributed by atoms with Gasteiger partial charge in [-0.25, -0.2) is 4.79 Å². The third-order valence-corrected chi connectivity index (χ3v) is 6.54. The minimum atomic E-state index is -0.380. The van der Waals surface area contributed by atoms with Crippen molar-refractivity contribution in [1.82, 2.24) is 0 Å². The summed E-state index contributed by atoms with van der Waals surface area (Å²) in [4.78, 5) is 26.2. The number of carbonyl (C=O) groups excluding carboxylic acids is 2. The number of hydrogen-bond donors (Lipinski definition) is 1. The van der Waals surface area contributed by atoms with Crippen LogP contribution in [0.15, 0.2) is 28.7 Å². The number of ether oxygens (including phenoxy) is 1. The number of amides is 1. The SMILES string of the molecule is CC[C@H]1CCc2c(sc(NC(=O)c3ccccc3Br)c2C(=O)OC)C1. The number of nitrogens with one attached hydrogen (secondary N) is 1. The Morgan fingerprint density at radius 1 is 1.36 bits per heavy atom. The minimum Gasteiger partial charge on any atom is -0.465 e. The fourth-order valence-electron chi connectivity index (χ4n) is 3.22. The number of halogens is 1. The lowest BCUT2D eigenvalue weighted by Gasteiger charge is -2.20. The molecule has 1 heterocycles. The Hall–Kier alpha value is -1.66. The normalized spacial score (nSPS) is 16.2. The van der Waals surface area contributed by atoms with E-state index in [2.05, 4.69) is 28.2 Å². The molecule has 0 saturated heterocycles. The molecule has 2 aromatic rings. The molecule has 1 aliphatic carbocycles. The molecule has 1 aromatic heterocycles. The van der Waals surface area contributed by atoms with Crippen LogP contribution in [0.2, 0.25) is 0 Å². The highest BCUT2D eigenvalue weighted by atomic mass is 79.9. The van der Waals surface area contributed by atoms with Crippen LogP contribution in [0, 0.1) is 5.92 Å². The Labute approximate surface area is 159 Å². The Kier molecular flexibility index (Phi) is 5.59. The van der Waals surface area contributed by atoms with Crippen LogP contribution in [0.1, 0.15) is 50.9 Å². The highest BCUT2D eigenvalue weighted by molar-refractivity contribution is 9.10. The fourth-order valence-corrected chi connectivity index (χ4v) is 5.03. The number of anilines is 1. The molecule has 0 bridgehead atoms. The molecule has 0 saturated carbocycles. The van der Waals surface area contributed by atoms with E-state index in [1.807, 2.05) is 18.2 Å². The first-order chi connectivity index (χ1) is 12.0. The van der Waals surface area contributed by atoms with Gasteiger partial charge in [0.1, 0.15) is 5.00 Å². The molecular weight excluding hydrogens is 402 g/mol. The molecule has 0 aliphatic heterocycles. The van der Waals surface area contributed by atoms with E-state index in [4.69, 9.17) is 4.74 Å². The highest BCUT2D eigenvalue weighted by Crippen LogP contribution is 2.41. The van der Waals surface area contributed by atoms with E-state index in [1.54, 1.807) is 6.07 Å². The first-order valence-electron chi connectivity index (χ1n) is 8.33. The van der Waals surface area contributed by atoms with Gasteiger partial charge in [0, 0.05) is 9.35 Å². The maximum atomic E-state index is 12.6. The van der Waals surface area contributed by atoms with E-state index in [9.17, 15) is 9.59 Å². The first kappa shape index (κ1) is 18.1. The zero-order valence-electron chi connectivity index (χ0n) is 14.2.